The maximum atomic E-state index is 12.0. The second-order valence-corrected chi connectivity index (χ2v) is 6.38. The molecule has 158 valence electrons. The van der Waals surface area contributed by atoms with Crippen molar-refractivity contribution in [2.75, 3.05) is 38.7 Å². The van der Waals surface area contributed by atoms with Crippen LogP contribution in [0.4, 0.5) is 5.69 Å². The second kappa shape index (κ2) is 11.5. The molecule has 8 nitrogen and oxygen atoms in total. The van der Waals surface area contributed by atoms with Crippen LogP contribution in [0.15, 0.2) is 39.9 Å². The van der Waals surface area contributed by atoms with Crippen LogP contribution in [0.3, 0.4) is 0 Å². The maximum absolute atomic E-state index is 12.0. The Bertz CT molecular complexity index is 838. The fourth-order valence-corrected chi connectivity index (χ4v) is 2.74. The number of nitrogens with zero attached hydrogens (tertiary/aromatic N) is 1. The van der Waals surface area contributed by atoms with E-state index in [-0.39, 0.29) is 29.9 Å². The van der Waals surface area contributed by atoms with Gasteiger partial charge in [0.25, 0.3) is 5.91 Å². The molecule has 1 aliphatic rings. The molecular formula is C20H27IN4O4. The number of amides is 1. The highest BCUT2D eigenvalue weighted by Gasteiger charge is 2.12. The van der Waals surface area contributed by atoms with Crippen molar-refractivity contribution in [2.24, 2.45) is 4.99 Å². The topological polar surface area (TPSA) is 97.1 Å². The number of aryl methyl sites for hydroxylation is 1. The number of carbonyl (C=O) groups is 1. The standard InChI is InChI=1S/C20H26N4O4.HI/c1-14-7-12-28-18(14)19(25)22-8-3-9-23-20(21-2)24-15-5-6-16-17(13-15)27-11-4-10-26-16;/h5-7,12-13H,3-4,8-11H2,1-2H3,(H,22,25)(H2,21,23,24);1H. The molecule has 3 N–H and O–H groups in total. The van der Waals surface area contributed by atoms with E-state index in [9.17, 15) is 4.79 Å². The van der Waals surface area contributed by atoms with Crippen LogP contribution in [0.1, 0.15) is 29.0 Å². The zero-order chi connectivity index (χ0) is 19.8. The summed E-state index contributed by atoms with van der Waals surface area (Å²) >= 11 is 0. The third kappa shape index (κ3) is 6.55. The highest BCUT2D eigenvalue weighted by atomic mass is 127. The number of fused-ring (bicyclic) bond motifs is 1. The number of guanidine groups is 1. The number of hydrogen-bond acceptors (Lipinski definition) is 5. The fourth-order valence-electron chi connectivity index (χ4n) is 2.74. The minimum absolute atomic E-state index is 0. The van der Waals surface area contributed by atoms with E-state index in [4.69, 9.17) is 13.9 Å². The Morgan fingerprint density at radius 3 is 2.59 bits per heavy atom. The van der Waals surface area contributed by atoms with E-state index >= 15 is 0 Å². The summed E-state index contributed by atoms with van der Waals surface area (Å²) in [5, 5.41) is 9.30. The van der Waals surface area contributed by atoms with Crippen molar-refractivity contribution in [1.82, 2.24) is 10.6 Å². The largest absolute Gasteiger partial charge is 0.490 e. The highest BCUT2D eigenvalue weighted by Crippen LogP contribution is 2.32. The molecule has 1 aromatic carbocycles. The second-order valence-electron chi connectivity index (χ2n) is 6.38. The van der Waals surface area contributed by atoms with E-state index in [1.807, 2.05) is 25.1 Å². The van der Waals surface area contributed by atoms with Gasteiger partial charge in [0.2, 0.25) is 0 Å². The highest BCUT2D eigenvalue weighted by molar-refractivity contribution is 14.0. The predicted molar refractivity (Wildman–Crippen MR) is 123 cm³/mol. The molecule has 0 radical (unpaired) electrons. The molecule has 0 saturated heterocycles. The van der Waals surface area contributed by atoms with Gasteiger partial charge in [-0.25, -0.2) is 0 Å². The van der Waals surface area contributed by atoms with Crippen molar-refractivity contribution >= 4 is 41.5 Å². The molecule has 0 aliphatic carbocycles. The van der Waals surface area contributed by atoms with Gasteiger partial charge < -0.3 is 29.8 Å². The lowest BCUT2D eigenvalue weighted by molar-refractivity contribution is 0.0925. The van der Waals surface area contributed by atoms with Gasteiger partial charge >= 0.3 is 0 Å². The Hall–Kier alpha value is -2.43. The number of benzene rings is 1. The van der Waals surface area contributed by atoms with Gasteiger partial charge in [0.15, 0.2) is 23.2 Å². The molecule has 1 aliphatic heterocycles. The zero-order valence-electron chi connectivity index (χ0n) is 16.6. The number of furan rings is 1. The van der Waals surface area contributed by atoms with Crippen LogP contribution in [0.5, 0.6) is 11.5 Å². The molecule has 0 spiro atoms. The smallest absolute Gasteiger partial charge is 0.287 e. The number of nitrogens with one attached hydrogen (secondary N) is 3. The van der Waals surface area contributed by atoms with Crippen LogP contribution in [0.2, 0.25) is 0 Å². The predicted octanol–water partition coefficient (Wildman–Crippen LogP) is 3.17. The number of anilines is 1. The lowest BCUT2D eigenvalue weighted by atomic mass is 10.2. The number of halogens is 1. The molecule has 2 aromatic rings. The molecule has 29 heavy (non-hydrogen) atoms. The molecule has 2 heterocycles. The lowest BCUT2D eigenvalue weighted by Gasteiger charge is -2.14. The molecule has 9 heteroatoms. The van der Waals surface area contributed by atoms with Gasteiger partial charge in [0.1, 0.15) is 0 Å². The van der Waals surface area contributed by atoms with Crippen LogP contribution >= 0.6 is 24.0 Å². The number of hydrogen-bond donors (Lipinski definition) is 3. The third-order valence-electron chi connectivity index (χ3n) is 4.23. The number of aliphatic imine (C=N–C) groups is 1. The SMILES string of the molecule is CN=C(NCCCNC(=O)c1occc1C)Nc1ccc2c(c1)OCCCO2.I. The summed E-state index contributed by atoms with van der Waals surface area (Å²) < 4.78 is 16.5. The molecule has 1 amide bonds. The summed E-state index contributed by atoms with van der Waals surface area (Å²) in [6, 6.07) is 7.49. The summed E-state index contributed by atoms with van der Waals surface area (Å²) in [5.74, 6) is 2.29. The average Bonchev–Trinajstić information content (AvgIpc) is 2.99. The maximum Gasteiger partial charge on any atom is 0.287 e. The van der Waals surface area contributed by atoms with Crippen molar-refractivity contribution < 1.29 is 18.7 Å². The first kappa shape index (κ1) is 22.9. The van der Waals surface area contributed by atoms with Crippen LogP contribution in [0, 0.1) is 6.92 Å². The Labute approximate surface area is 187 Å². The third-order valence-corrected chi connectivity index (χ3v) is 4.23. The Morgan fingerprint density at radius 1 is 1.10 bits per heavy atom. The number of ether oxygens (including phenoxy) is 2. The molecule has 3 rings (SSSR count). The molecule has 0 unspecified atom stereocenters. The van der Waals surface area contributed by atoms with Gasteiger partial charge in [0.05, 0.1) is 19.5 Å². The van der Waals surface area contributed by atoms with Gasteiger partial charge in [0, 0.05) is 43.9 Å². The van der Waals surface area contributed by atoms with Crippen molar-refractivity contribution in [2.45, 2.75) is 19.8 Å². The van der Waals surface area contributed by atoms with Crippen LogP contribution in [-0.4, -0.2) is 45.2 Å². The molecule has 0 bridgehead atoms. The number of carbonyl (C=O) groups excluding carboxylic acids is 1. The summed E-state index contributed by atoms with van der Waals surface area (Å²) in [6.45, 7) is 4.34. The van der Waals surface area contributed by atoms with Gasteiger partial charge in [-0.1, -0.05) is 0 Å². The molecule has 0 fully saturated rings. The average molecular weight is 514 g/mol. The van der Waals surface area contributed by atoms with Gasteiger partial charge in [-0.05, 0) is 31.5 Å². The number of rotatable bonds is 6. The molecule has 0 saturated carbocycles. The summed E-state index contributed by atoms with van der Waals surface area (Å²) in [5.41, 5.74) is 1.69. The van der Waals surface area contributed by atoms with Crippen molar-refractivity contribution in [3.63, 3.8) is 0 Å². The summed E-state index contributed by atoms with van der Waals surface area (Å²) in [4.78, 5) is 16.2. The van der Waals surface area contributed by atoms with E-state index in [0.29, 0.717) is 38.0 Å². The molecular weight excluding hydrogens is 487 g/mol. The first-order valence-corrected chi connectivity index (χ1v) is 9.37. The summed E-state index contributed by atoms with van der Waals surface area (Å²) in [7, 11) is 1.71. The quantitative estimate of drug-likeness (QED) is 0.237. The van der Waals surface area contributed by atoms with Crippen molar-refractivity contribution in [1.29, 1.82) is 0 Å². The molecule has 1 aromatic heterocycles. The van der Waals surface area contributed by atoms with E-state index < -0.39 is 0 Å². The van der Waals surface area contributed by atoms with Gasteiger partial charge in [-0.2, -0.15) is 0 Å². The van der Waals surface area contributed by atoms with Crippen LogP contribution in [-0.2, 0) is 0 Å². The monoisotopic (exact) mass is 514 g/mol. The lowest BCUT2D eigenvalue weighted by Crippen LogP contribution is -2.33. The fraction of sp³-hybridized carbons (Fsp3) is 0.400. The Morgan fingerprint density at radius 2 is 1.86 bits per heavy atom. The van der Waals surface area contributed by atoms with Crippen LogP contribution < -0.4 is 25.4 Å². The molecule has 0 atom stereocenters. The van der Waals surface area contributed by atoms with Gasteiger partial charge in [-0.3, -0.25) is 9.79 Å². The van der Waals surface area contributed by atoms with Crippen molar-refractivity contribution in [3.05, 3.63) is 41.9 Å². The normalized spacial score (nSPS) is 13.1. The minimum atomic E-state index is -0.197. The van der Waals surface area contributed by atoms with Crippen LogP contribution in [0.25, 0.3) is 0 Å². The van der Waals surface area contributed by atoms with E-state index in [1.165, 1.54) is 6.26 Å². The Kier molecular flexibility index (Phi) is 9.10. The van der Waals surface area contributed by atoms with E-state index in [0.717, 1.165) is 35.6 Å². The zero-order valence-corrected chi connectivity index (χ0v) is 18.9. The van der Waals surface area contributed by atoms with E-state index in [1.54, 1.807) is 13.1 Å². The first-order chi connectivity index (χ1) is 13.7. The van der Waals surface area contributed by atoms with E-state index in [2.05, 4.69) is 20.9 Å². The van der Waals surface area contributed by atoms with Crippen molar-refractivity contribution in [3.8, 4) is 11.5 Å². The van der Waals surface area contributed by atoms with Gasteiger partial charge in [-0.15, -0.1) is 24.0 Å². The Balaban J connectivity index is 0.00000300. The first-order valence-electron chi connectivity index (χ1n) is 9.37. The summed E-state index contributed by atoms with van der Waals surface area (Å²) in [6.07, 6.45) is 3.13. The minimum Gasteiger partial charge on any atom is -0.490 e.